The van der Waals surface area contributed by atoms with Gasteiger partial charge in [0, 0.05) is 18.4 Å². The van der Waals surface area contributed by atoms with E-state index in [0.717, 1.165) is 16.9 Å². The number of oxazole rings is 1. The molecular weight excluding hydrogens is 527 g/mol. The van der Waals surface area contributed by atoms with Crippen molar-refractivity contribution in [3.63, 3.8) is 0 Å². The van der Waals surface area contributed by atoms with Gasteiger partial charge < -0.3 is 20.2 Å². The van der Waals surface area contributed by atoms with Crippen LogP contribution in [0, 0.1) is 0 Å². The smallest absolute Gasteiger partial charge is 0.216 e. The first-order chi connectivity index (χ1) is 15.3. The Morgan fingerprint density at radius 3 is 2.21 bits per heavy atom. The predicted molar refractivity (Wildman–Crippen MR) is 144 cm³/mol. The Balaban J connectivity index is 0.00000385. The molecule has 0 aliphatic heterocycles. The summed E-state index contributed by atoms with van der Waals surface area (Å²) in [6.07, 6.45) is 2.25. The molecule has 0 spiro atoms. The quantitative estimate of drug-likeness (QED) is 0.209. The van der Waals surface area contributed by atoms with Crippen LogP contribution in [0.15, 0.2) is 76.3 Å². The van der Waals surface area contributed by atoms with Crippen LogP contribution in [0.5, 0.6) is 0 Å². The van der Waals surface area contributed by atoms with E-state index in [1.807, 2.05) is 67.6 Å². The number of aromatic nitrogens is 1. The molecule has 0 amide bonds. The average molecular weight is 562 g/mol. The maximum Gasteiger partial charge on any atom is 0.216 e. The van der Waals surface area contributed by atoms with Crippen molar-refractivity contribution in [1.29, 1.82) is 0 Å². The van der Waals surface area contributed by atoms with Gasteiger partial charge in [-0.3, -0.25) is 0 Å². The minimum absolute atomic E-state index is 0. The van der Waals surface area contributed by atoms with Gasteiger partial charge in [0.1, 0.15) is 17.9 Å². The molecule has 178 valence electrons. The highest BCUT2D eigenvalue weighted by molar-refractivity contribution is 14.0. The summed E-state index contributed by atoms with van der Waals surface area (Å²) < 4.78 is 5.85. The lowest BCUT2D eigenvalue weighted by Crippen LogP contribution is -2.46. The average Bonchev–Trinajstić information content (AvgIpc) is 3.27. The first kappa shape index (κ1) is 26.9. The number of guanidine groups is 1. The molecule has 3 rings (SSSR count). The Morgan fingerprint density at radius 2 is 1.64 bits per heavy atom. The summed E-state index contributed by atoms with van der Waals surface area (Å²) in [6.45, 7) is 9.58. The second kappa shape index (κ2) is 12.2. The zero-order valence-electron chi connectivity index (χ0n) is 19.8. The minimum atomic E-state index is -1.10. The van der Waals surface area contributed by atoms with E-state index in [1.54, 1.807) is 6.20 Å². The molecule has 3 N–H and O–H groups in total. The molecule has 3 aromatic rings. The van der Waals surface area contributed by atoms with E-state index in [0.29, 0.717) is 37.9 Å². The second-order valence-corrected chi connectivity index (χ2v) is 8.98. The van der Waals surface area contributed by atoms with E-state index in [4.69, 9.17) is 4.42 Å². The molecule has 33 heavy (non-hydrogen) atoms. The van der Waals surface area contributed by atoms with Crippen molar-refractivity contribution in [3.8, 4) is 0 Å². The number of rotatable bonds is 8. The number of nitrogens with one attached hydrogen (secondary N) is 2. The second-order valence-electron chi connectivity index (χ2n) is 8.98. The monoisotopic (exact) mass is 562 g/mol. The maximum atomic E-state index is 11.7. The molecular formula is C26H35IN4O2. The highest BCUT2D eigenvalue weighted by Gasteiger charge is 2.30. The van der Waals surface area contributed by atoms with Crippen LogP contribution in [0.2, 0.25) is 0 Å². The molecule has 7 heteroatoms. The molecule has 0 radical (unpaired) electrons. The molecule has 0 bridgehead atoms. The molecule has 0 saturated heterocycles. The Labute approximate surface area is 214 Å². The van der Waals surface area contributed by atoms with Gasteiger partial charge in [0.05, 0.1) is 12.7 Å². The Morgan fingerprint density at radius 1 is 1.00 bits per heavy atom. The molecule has 0 fully saturated rings. The van der Waals surface area contributed by atoms with Crippen LogP contribution < -0.4 is 10.6 Å². The summed E-state index contributed by atoms with van der Waals surface area (Å²) in [7, 11) is 0. The summed E-state index contributed by atoms with van der Waals surface area (Å²) in [6, 6.07) is 19.8. The fourth-order valence-electron chi connectivity index (χ4n) is 3.40. The molecule has 0 aliphatic rings. The predicted octanol–water partition coefficient (Wildman–Crippen LogP) is 4.78. The zero-order chi connectivity index (χ0) is 23.0. The standard InChI is InChI=1S/C26H34N4O2.HI/c1-5-27-24(29-18-23-28-17-22(32-23)25(2,3)4)30-19-26(31,21-14-10-7-11-15-21)16-20-12-8-6-9-13-20;/h6-15,17,31H,5,16,18-19H2,1-4H3,(H2,27,29,30);1H. The Hall–Kier alpha value is -2.39. The topological polar surface area (TPSA) is 82.7 Å². The van der Waals surface area contributed by atoms with E-state index >= 15 is 0 Å². The van der Waals surface area contributed by atoms with Gasteiger partial charge >= 0.3 is 0 Å². The van der Waals surface area contributed by atoms with Crippen LogP contribution in [0.4, 0.5) is 0 Å². The van der Waals surface area contributed by atoms with Crippen molar-refractivity contribution in [2.45, 2.75) is 51.7 Å². The van der Waals surface area contributed by atoms with E-state index in [-0.39, 0.29) is 29.4 Å². The summed E-state index contributed by atoms with van der Waals surface area (Å²) in [5.74, 6) is 2.00. The molecule has 1 heterocycles. The number of halogens is 1. The van der Waals surface area contributed by atoms with Crippen molar-refractivity contribution in [2.75, 3.05) is 13.1 Å². The van der Waals surface area contributed by atoms with Crippen LogP contribution in [-0.2, 0) is 24.0 Å². The van der Waals surface area contributed by atoms with Gasteiger partial charge in [-0.05, 0) is 18.1 Å². The molecule has 6 nitrogen and oxygen atoms in total. The largest absolute Gasteiger partial charge is 0.443 e. The van der Waals surface area contributed by atoms with Crippen molar-refractivity contribution in [2.24, 2.45) is 4.99 Å². The van der Waals surface area contributed by atoms with Crippen LogP contribution >= 0.6 is 24.0 Å². The van der Waals surface area contributed by atoms with Crippen LogP contribution in [0.1, 0.15) is 50.5 Å². The van der Waals surface area contributed by atoms with Crippen LogP contribution in [0.25, 0.3) is 0 Å². The number of nitrogens with zero attached hydrogens (tertiary/aromatic N) is 2. The molecule has 1 aromatic heterocycles. The lowest BCUT2D eigenvalue weighted by Gasteiger charge is -2.30. The molecule has 0 aliphatic carbocycles. The lowest BCUT2D eigenvalue weighted by molar-refractivity contribution is 0.0414. The molecule has 2 aromatic carbocycles. The number of aliphatic imine (C=N–C) groups is 1. The van der Waals surface area contributed by atoms with Gasteiger partial charge in [0.2, 0.25) is 5.89 Å². The van der Waals surface area contributed by atoms with Gasteiger partial charge in [0.25, 0.3) is 0 Å². The van der Waals surface area contributed by atoms with E-state index < -0.39 is 5.60 Å². The van der Waals surface area contributed by atoms with E-state index in [1.165, 1.54) is 0 Å². The van der Waals surface area contributed by atoms with Crippen molar-refractivity contribution in [1.82, 2.24) is 15.6 Å². The van der Waals surface area contributed by atoms with Gasteiger partial charge in [-0.2, -0.15) is 0 Å². The fourth-order valence-corrected chi connectivity index (χ4v) is 3.40. The summed E-state index contributed by atoms with van der Waals surface area (Å²) in [5.41, 5.74) is 0.731. The lowest BCUT2D eigenvalue weighted by atomic mass is 9.87. The Bertz CT molecular complexity index is 1000. The molecule has 1 unspecified atom stereocenters. The minimum Gasteiger partial charge on any atom is -0.443 e. The van der Waals surface area contributed by atoms with E-state index in [2.05, 4.69) is 41.4 Å². The number of hydrogen-bond donors (Lipinski definition) is 3. The normalized spacial score (nSPS) is 13.7. The van der Waals surface area contributed by atoms with Crippen molar-refractivity contribution >= 4 is 29.9 Å². The SMILES string of the molecule is CCNC(=NCc1ncc(C(C)(C)C)o1)NCC(O)(Cc1ccccc1)c1ccccc1.I. The van der Waals surface area contributed by atoms with Crippen molar-refractivity contribution in [3.05, 3.63) is 89.6 Å². The number of hydrogen-bond acceptors (Lipinski definition) is 4. The van der Waals surface area contributed by atoms with Crippen molar-refractivity contribution < 1.29 is 9.52 Å². The third kappa shape index (κ3) is 7.85. The first-order valence-corrected chi connectivity index (χ1v) is 11.1. The summed E-state index contributed by atoms with van der Waals surface area (Å²) >= 11 is 0. The summed E-state index contributed by atoms with van der Waals surface area (Å²) in [5, 5.41) is 18.2. The maximum absolute atomic E-state index is 11.7. The molecule has 0 saturated carbocycles. The third-order valence-electron chi connectivity index (χ3n) is 5.21. The summed E-state index contributed by atoms with van der Waals surface area (Å²) in [4.78, 5) is 8.96. The fraction of sp³-hybridized carbons (Fsp3) is 0.385. The van der Waals surface area contributed by atoms with Gasteiger partial charge in [-0.1, -0.05) is 81.4 Å². The number of aliphatic hydroxyl groups is 1. The van der Waals surface area contributed by atoms with Crippen LogP contribution in [-0.4, -0.2) is 29.1 Å². The highest BCUT2D eigenvalue weighted by Crippen LogP contribution is 2.25. The number of benzene rings is 2. The first-order valence-electron chi connectivity index (χ1n) is 11.1. The van der Waals surface area contributed by atoms with E-state index in [9.17, 15) is 5.11 Å². The molecule has 1 atom stereocenters. The van der Waals surface area contributed by atoms with Crippen LogP contribution in [0.3, 0.4) is 0 Å². The third-order valence-corrected chi connectivity index (χ3v) is 5.21. The highest BCUT2D eigenvalue weighted by atomic mass is 127. The van der Waals surface area contributed by atoms with Gasteiger partial charge in [-0.15, -0.1) is 24.0 Å². The van der Waals surface area contributed by atoms with Gasteiger partial charge in [-0.25, -0.2) is 9.98 Å². The Kier molecular flexibility index (Phi) is 9.91. The van der Waals surface area contributed by atoms with Gasteiger partial charge in [0.15, 0.2) is 5.96 Å². The zero-order valence-corrected chi connectivity index (χ0v) is 22.2.